The lowest BCUT2D eigenvalue weighted by Crippen LogP contribution is -2.10. The molecule has 0 saturated carbocycles. The minimum absolute atomic E-state index is 0.114. The summed E-state index contributed by atoms with van der Waals surface area (Å²) in [5.74, 6) is 0.556. The molecule has 0 aromatic heterocycles. The Labute approximate surface area is 123 Å². The fraction of sp³-hybridized carbons (Fsp3) is 0.176. The monoisotopic (exact) mass is 283 g/mol. The molecule has 0 heterocycles. The second-order valence-electron chi connectivity index (χ2n) is 4.66. The molecule has 21 heavy (non-hydrogen) atoms. The standard InChI is InChI=1S/C17H17NO3/c1-21-17-11-8-14(9-12-17)7-10-16(13-18(19)20)15-5-3-2-4-6-15/h2-12,16H,13H2,1H3/b10-7+. The van der Waals surface area contributed by atoms with Crippen LogP contribution in [-0.2, 0) is 0 Å². The Morgan fingerprint density at radius 3 is 2.38 bits per heavy atom. The van der Waals surface area contributed by atoms with E-state index in [-0.39, 0.29) is 17.4 Å². The zero-order valence-electron chi connectivity index (χ0n) is 11.8. The van der Waals surface area contributed by atoms with Gasteiger partial charge in [-0.15, -0.1) is 0 Å². The van der Waals surface area contributed by atoms with Crippen molar-refractivity contribution >= 4 is 6.08 Å². The Hall–Kier alpha value is -2.62. The Kier molecular flexibility index (Phi) is 5.10. The van der Waals surface area contributed by atoms with Gasteiger partial charge in [-0.25, -0.2) is 0 Å². The Bertz CT molecular complexity index is 606. The van der Waals surface area contributed by atoms with E-state index in [0.29, 0.717) is 0 Å². The minimum Gasteiger partial charge on any atom is -0.497 e. The van der Waals surface area contributed by atoms with Gasteiger partial charge in [0.25, 0.3) is 0 Å². The molecule has 0 amide bonds. The Morgan fingerprint density at radius 1 is 1.14 bits per heavy atom. The molecule has 2 rings (SSSR count). The average molecular weight is 283 g/mol. The van der Waals surface area contributed by atoms with Crippen LogP contribution in [0.5, 0.6) is 5.75 Å². The summed E-state index contributed by atoms with van der Waals surface area (Å²) in [4.78, 5) is 10.6. The van der Waals surface area contributed by atoms with E-state index >= 15 is 0 Å². The van der Waals surface area contributed by atoms with Gasteiger partial charge >= 0.3 is 0 Å². The Balaban J connectivity index is 2.17. The molecular weight excluding hydrogens is 266 g/mol. The highest BCUT2D eigenvalue weighted by Crippen LogP contribution is 2.20. The van der Waals surface area contributed by atoms with Crippen LogP contribution in [0.3, 0.4) is 0 Å². The molecule has 0 fully saturated rings. The third kappa shape index (κ3) is 4.45. The second-order valence-corrected chi connectivity index (χ2v) is 4.66. The molecule has 0 aliphatic heterocycles. The van der Waals surface area contributed by atoms with E-state index in [1.165, 1.54) is 0 Å². The van der Waals surface area contributed by atoms with Crippen LogP contribution in [0.4, 0.5) is 0 Å². The van der Waals surface area contributed by atoms with Crippen LogP contribution >= 0.6 is 0 Å². The molecule has 108 valence electrons. The first-order valence-electron chi connectivity index (χ1n) is 6.68. The lowest BCUT2D eigenvalue weighted by atomic mass is 9.98. The van der Waals surface area contributed by atoms with Crippen LogP contribution in [-0.4, -0.2) is 18.6 Å². The van der Waals surface area contributed by atoms with E-state index < -0.39 is 0 Å². The molecule has 0 spiro atoms. The first-order valence-corrected chi connectivity index (χ1v) is 6.68. The molecule has 0 N–H and O–H groups in total. The molecule has 2 aromatic rings. The van der Waals surface area contributed by atoms with E-state index in [0.717, 1.165) is 16.9 Å². The van der Waals surface area contributed by atoms with Gasteiger partial charge in [-0.1, -0.05) is 54.6 Å². The van der Waals surface area contributed by atoms with E-state index in [1.807, 2.05) is 66.7 Å². The van der Waals surface area contributed by atoms with Crippen LogP contribution in [0, 0.1) is 10.1 Å². The van der Waals surface area contributed by atoms with Crippen LogP contribution in [0.15, 0.2) is 60.7 Å². The van der Waals surface area contributed by atoms with Crippen molar-refractivity contribution in [3.05, 3.63) is 81.9 Å². The zero-order chi connectivity index (χ0) is 15.1. The topological polar surface area (TPSA) is 52.4 Å². The van der Waals surface area contributed by atoms with E-state index in [2.05, 4.69) is 0 Å². The minimum atomic E-state index is -0.282. The maximum atomic E-state index is 10.8. The molecular formula is C17H17NO3. The van der Waals surface area contributed by atoms with Gasteiger partial charge in [-0.05, 0) is 23.3 Å². The van der Waals surface area contributed by atoms with Crippen molar-refractivity contribution in [3.8, 4) is 5.75 Å². The number of hydrogen-bond acceptors (Lipinski definition) is 3. The largest absolute Gasteiger partial charge is 0.497 e. The number of nitro groups is 1. The fourth-order valence-corrected chi connectivity index (χ4v) is 2.08. The fourth-order valence-electron chi connectivity index (χ4n) is 2.08. The third-order valence-corrected chi connectivity index (χ3v) is 3.21. The van der Waals surface area contributed by atoms with Gasteiger partial charge in [0, 0.05) is 4.92 Å². The molecule has 0 radical (unpaired) electrons. The molecule has 1 unspecified atom stereocenters. The maximum Gasteiger partial charge on any atom is 0.214 e. The number of methoxy groups -OCH3 is 1. The van der Waals surface area contributed by atoms with Crippen LogP contribution in [0.1, 0.15) is 17.0 Å². The second kappa shape index (κ2) is 7.24. The van der Waals surface area contributed by atoms with Crippen molar-refractivity contribution in [2.45, 2.75) is 5.92 Å². The van der Waals surface area contributed by atoms with Crippen molar-refractivity contribution in [2.75, 3.05) is 13.7 Å². The summed E-state index contributed by atoms with van der Waals surface area (Å²) in [7, 11) is 1.62. The van der Waals surface area contributed by atoms with Crippen LogP contribution in [0.25, 0.3) is 6.08 Å². The van der Waals surface area contributed by atoms with Crippen molar-refractivity contribution in [1.29, 1.82) is 0 Å². The average Bonchev–Trinajstić information content (AvgIpc) is 2.52. The summed E-state index contributed by atoms with van der Waals surface area (Å²) in [5, 5.41) is 10.8. The number of benzene rings is 2. The van der Waals surface area contributed by atoms with Crippen molar-refractivity contribution in [2.24, 2.45) is 0 Å². The summed E-state index contributed by atoms with van der Waals surface area (Å²) in [6.07, 6.45) is 3.78. The highest BCUT2D eigenvalue weighted by atomic mass is 16.6. The van der Waals surface area contributed by atoms with Gasteiger partial charge < -0.3 is 4.74 Å². The van der Waals surface area contributed by atoms with Crippen LogP contribution < -0.4 is 4.74 Å². The SMILES string of the molecule is COc1ccc(/C=C/C(C[N+](=O)[O-])c2ccccc2)cc1. The first kappa shape index (κ1) is 14.8. The van der Waals surface area contributed by atoms with E-state index in [4.69, 9.17) is 4.74 Å². The molecule has 0 bridgehead atoms. The summed E-state index contributed by atoms with van der Waals surface area (Å²) >= 11 is 0. The van der Waals surface area contributed by atoms with E-state index in [9.17, 15) is 10.1 Å². The molecule has 1 atom stereocenters. The molecule has 2 aromatic carbocycles. The van der Waals surface area contributed by atoms with Crippen LogP contribution in [0.2, 0.25) is 0 Å². The smallest absolute Gasteiger partial charge is 0.214 e. The van der Waals surface area contributed by atoms with Gasteiger partial charge in [-0.2, -0.15) is 0 Å². The van der Waals surface area contributed by atoms with Gasteiger partial charge in [0.05, 0.1) is 13.0 Å². The molecule has 4 nitrogen and oxygen atoms in total. The summed E-state index contributed by atoms with van der Waals surface area (Å²) < 4.78 is 5.10. The first-order chi connectivity index (χ1) is 10.2. The maximum absolute atomic E-state index is 10.8. The number of rotatable bonds is 6. The quantitative estimate of drug-likeness (QED) is 0.599. The highest BCUT2D eigenvalue weighted by molar-refractivity contribution is 5.52. The molecule has 4 heteroatoms. The van der Waals surface area contributed by atoms with Gasteiger partial charge in [0.15, 0.2) is 0 Å². The Morgan fingerprint density at radius 2 is 1.81 bits per heavy atom. The molecule has 0 aliphatic rings. The molecule has 0 aliphatic carbocycles. The zero-order valence-corrected chi connectivity index (χ0v) is 11.8. The third-order valence-electron chi connectivity index (χ3n) is 3.21. The predicted molar refractivity (Wildman–Crippen MR) is 83.1 cm³/mol. The van der Waals surface area contributed by atoms with E-state index in [1.54, 1.807) is 7.11 Å². The normalized spacial score (nSPS) is 12.2. The lowest BCUT2D eigenvalue weighted by Gasteiger charge is -2.08. The van der Waals surface area contributed by atoms with Crippen molar-refractivity contribution in [3.63, 3.8) is 0 Å². The predicted octanol–water partition coefficient (Wildman–Crippen LogP) is 3.77. The highest BCUT2D eigenvalue weighted by Gasteiger charge is 2.14. The van der Waals surface area contributed by atoms with Crippen molar-refractivity contribution in [1.82, 2.24) is 0 Å². The summed E-state index contributed by atoms with van der Waals surface area (Å²) in [6.45, 7) is -0.114. The number of nitrogens with zero attached hydrogens (tertiary/aromatic N) is 1. The summed E-state index contributed by atoms with van der Waals surface area (Å²) in [5.41, 5.74) is 1.93. The lowest BCUT2D eigenvalue weighted by molar-refractivity contribution is -0.481. The number of ether oxygens (including phenoxy) is 1. The van der Waals surface area contributed by atoms with Gasteiger partial charge in [0.1, 0.15) is 5.75 Å². The van der Waals surface area contributed by atoms with Gasteiger partial charge in [-0.3, -0.25) is 10.1 Å². The molecule has 0 saturated heterocycles. The van der Waals surface area contributed by atoms with Gasteiger partial charge in [0.2, 0.25) is 6.54 Å². The van der Waals surface area contributed by atoms with Crippen molar-refractivity contribution < 1.29 is 9.66 Å². The summed E-state index contributed by atoms with van der Waals surface area (Å²) in [6, 6.07) is 17.1. The number of hydrogen-bond donors (Lipinski definition) is 0.